The minimum absolute atomic E-state index is 0. The van der Waals surface area contributed by atoms with Crippen molar-refractivity contribution in [2.75, 3.05) is 47.9 Å². The van der Waals surface area contributed by atoms with Gasteiger partial charge in [0.2, 0.25) is 0 Å². The highest BCUT2D eigenvalue weighted by Gasteiger charge is 2.13. The van der Waals surface area contributed by atoms with Crippen LogP contribution in [0.5, 0.6) is 11.5 Å². The number of carbonyl (C=O) groups is 1. The molecule has 1 amide bonds. The second-order valence-corrected chi connectivity index (χ2v) is 8.28. The van der Waals surface area contributed by atoms with Gasteiger partial charge in [0, 0.05) is 5.56 Å². The van der Waals surface area contributed by atoms with Crippen LogP contribution >= 0.6 is 0 Å². The van der Waals surface area contributed by atoms with Crippen molar-refractivity contribution in [2.24, 2.45) is 0 Å². The zero-order valence-electron chi connectivity index (χ0n) is 18.6. The number of likely N-dealkylation sites (N-methyl/N-ethyl adjacent to an activating group) is 1. The first-order valence-electron chi connectivity index (χ1n) is 10.3. The Bertz CT molecular complexity index is 761. The SMILES string of the molecule is COc1cc(C(=O)NCC[N+](C)(C)C)ccc1OCCCCCc1ccccc1.[I-]. The molecule has 0 unspecified atom stereocenters. The van der Waals surface area contributed by atoms with Crippen molar-refractivity contribution in [1.82, 2.24) is 5.32 Å². The highest BCUT2D eigenvalue weighted by atomic mass is 127. The largest absolute Gasteiger partial charge is 1.00 e. The molecule has 0 aliphatic rings. The van der Waals surface area contributed by atoms with E-state index in [2.05, 4.69) is 50.7 Å². The van der Waals surface area contributed by atoms with Crippen LogP contribution < -0.4 is 38.8 Å². The third-order valence-corrected chi connectivity index (χ3v) is 4.70. The summed E-state index contributed by atoms with van der Waals surface area (Å²) in [4.78, 5) is 12.3. The van der Waals surface area contributed by atoms with E-state index in [-0.39, 0.29) is 29.9 Å². The standard InChI is InChI=1S/C24H34N2O3.HI/c1-26(2,3)17-16-25-24(27)21-14-15-22(23(19-21)28-4)29-18-10-6-9-13-20-11-7-5-8-12-20;/h5,7-8,11-12,14-15,19H,6,9-10,13,16-18H2,1-4H3;1H. The van der Waals surface area contributed by atoms with Crippen LogP contribution in [0.4, 0.5) is 0 Å². The fourth-order valence-corrected chi connectivity index (χ4v) is 2.97. The Kier molecular flexibility index (Phi) is 11.8. The number of ether oxygens (including phenoxy) is 2. The number of aryl methyl sites for hydroxylation is 1. The molecule has 0 aliphatic heterocycles. The van der Waals surface area contributed by atoms with Crippen LogP contribution in [0.1, 0.15) is 35.2 Å². The molecular weight excluding hydrogens is 491 g/mol. The molecule has 0 aliphatic carbocycles. The normalized spacial score (nSPS) is 10.8. The molecule has 166 valence electrons. The molecule has 2 aromatic carbocycles. The molecule has 0 fully saturated rings. The predicted molar refractivity (Wildman–Crippen MR) is 118 cm³/mol. The topological polar surface area (TPSA) is 47.6 Å². The summed E-state index contributed by atoms with van der Waals surface area (Å²) in [7, 11) is 7.90. The van der Waals surface area contributed by atoms with Crippen LogP contribution in [0.15, 0.2) is 48.5 Å². The zero-order chi connectivity index (χ0) is 21.1. The minimum Gasteiger partial charge on any atom is -1.00 e. The van der Waals surface area contributed by atoms with Gasteiger partial charge in [-0.25, -0.2) is 0 Å². The van der Waals surface area contributed by atoms with Crippen molar-refractivity contribution >= 4 is 5.91 Å². The third-order valence-electron chi connectivity index (χ3n) is 4.70. The number of rotatable bonds is 12. The van der Waals surface area contributed by atoms with E-state index in [0.717, 1.165) is 36.7 Å². The van der Waals surface area contributed by atoms with Crippen molar-refractivity contribution in [3.05, 3.63) is 59.7 Å². The summed E-state index contributed by atoms with van der Waals surface area (Å²) in [5.41, 5.74) is 1.96. The van der Waals surface area contributed by atoms with Gasteiger partial charge < -0.3 is 43.3 Å². The molecule has 0 aromatic heterocycles. The summed E-state index contributed by atoms with van der Waals surface area (Å²) in [6.45, 7) is 2.14. The summed E-state index contributed by atoms with van der Waals surface area (Å²) in [6, 6.07) is 15.9. The molecule has 0 spiro atoms. The van der Waals surface area contributed by atoms with E-state index < -0.39 is 0 Å². The number of methoxy groups -OCH3 is 1. The second kappa shape index (κ2) is 13.5. The van der Waals surface area contributed by atoms with E-state index in [1.165, 1.54) is 5.56 Å². The van der Waals surface area contributed by atoms with Crippen LogP contribution in [0.25, 0.3) is 0 Å². The lowest BCUT2D eigenvalue weighted by molar-refractivity contribution is -0.869. The van der Waals surface area contributed by atoms with E-state index in [1.54, 1.807) is 19.2 Å². The first kappa shape index (κ1) is 26.2. The third kappa shape index (κ3) is 9.80. The predicted octanol–water partition coefficient (Wildman–Crippen LogP) is 0.927. The molecule has 2 rings (SSSR count). The average Bonchev–Trinajstić information content (AvgIpc) is 2.70. The molecule has 1 N–H and O–H groups in total. The van der Waals surface area contributed by atoms with Crippen molar-refractivity contribution in [3.63, 3.8) is 0 Å². The quantitative estimate of drug-likeness (QED) is 0.255. The minimum atomic E-state index is -0.0933. The lowest BCUT2D eigenvalue weighted by Crippen LogP contribution is -3.00. The number of hydrogen-bond donors (Lipinski definition) is 1. The van der Waals surface area contributed by atoms with E-state index in [9.17, 15) is 4.79 Å². The summed E-state index contributed by atoms with van der Waals surface area (Å²) in [5, 5.41) is 2.96. The van der Waals surface area contributed by atoms with Gasteiger partial charge in [-0.1, -0.05) is 30.3 Å². The maximum atomic E-state index is 12.3. The number of nitrogens with zero attached hydrogens (tertiary/aromatic N) is 1. The van der Waals surface area contributed by atoms with Crippen molar-refractivity contribution in [2.45, 2.75) is 25.7 Å². The Morgan fingerprint density at radius 1 is 0.967 bits per heavy atom. The van der Waals surface area contributed by atoms with Crippen molar-refractivity contribution in [1.29, 1.82) is 0 Å². The first-order chi connectivity index (χ1) is 13.9. The van der Waals surface area contributed by atoms with Crippen LogP contribution in [0, 0.1) is 0 Å². The number of unbranched alkanes of at least 4 members (excludes halogenated alkanes) is 2. The van der Waals surface area contributed by atoms with Crippen molar-refractivity contribution in [3.8, 4) is 11.5 Å². The average molecular weight is 526 g/mol. The number of nitrogens with one attached hydrogen (secondary N) is 1. The fraction of sp³-hybridized carbons (Fsp3) is 0.458. The maximum Gasteiger partial charge on any atom is 0.251 e. The fourth-order valence-electron chi connectivity index (χ4n) is 2.97. The number of halogens is 1. The molecular formula is C24H35IN2O3. The second-order valence-electron chi connectivity index (χ2n) is 8.28. The lowest BCUT2D eigenvalue weighted by atomic mass is 10.1. The molecule has 0 saturated carbocycles. The Labute approximate surface area is 198 Å². The molecule has 6 heteroatoms. The van der Waals surface area contributed by atoms with Crippen LogP contribution in [-0.2, 0) is 6.42 Å². The van der Waals surface area contributed by atoms with Gasteiger partial charge in [0.25, 0.3) is 5.91 Å². The van der Waals surface area contributed by atoms with Crippen LogP contribution in [-0.4, -0.2) is 58.3 Å². The molecule has 0 bridgehead atoms. The van der Waals surface area contributed by atoms with Gasteiger partial charge in [-0.3, -0.25) is 4.79 Å². The number of benzene rings is 2. The maximum absolute atomic E-state index is 12.3. The first-order valence-corrected chi connectivity index (χ1v) is 10.3. The van der Waals surface area contributed by atoms with Gasteiger partial charge in [-0.05, 0) is 49.4 Å². The van der Waals surface area contributed by atoms with E-state index >= 15 is 0 Å². The number of amides is 1. The van der Waals surface area contributed by atoms with Gasteiger partial charge in [0.05, 0.1) is 47.9 Å². The van der Waals surface area contributed by atoms with Gasteiger partial charge in [-0.15, -0.1) is 0 Å². The molecule has 5 nitrogen and oxygen atoms in total. The van der Waals surface area contributed by atoms with Gasteiger partial charge in [0.1, 0.15) is 0 Å². The lowest BCUT2D eigenvalue weighted by Gasteiger charge is -2.23. The Hall–Kier alpha value is -1.80. The molecule has 0 atom stereocenters. The molecule has 30 heavy (non-hydrogen) atoms. The molecule has 0 heterocycles. The number of carbonyl (C=O) groups excluding carboxylic acids is 1. The highest BCUT2D eigenvalue weighted by molar-refractivity contribution is 5.94. The smallest absolute Gasteiger partial charge is 0.251 e. The van der Waals surface area contributed by atoms with Crippen LogP contribution in [0.2, 0.25) is 0 Å². The van der Waals surface area contributed by atoms with Gasteiger partial charge >= 0.3 is 0 Å². The molecule has 0 radical (unpaired) electrons. The highest BCUT2D eigenvalue weighted by Crippen LogP contribution is 2.28. The summed E-state index contributed by atoms with van der Waals surface area (Å²) >= 11 is 0. The number of hydrogen-bond acceptors (Lipinski definition) is 3. The summed E-state index contributed by atoms with van der Waals surface area (Å²) < 4.78 is 12.1. The monoisotopic (exact) mass is 526 g/mol. The molecule has 2 aromatic rings. The van der Waals surface area contributed by atoms with E-state index in [0.29, 0.717) is 30.2 Å². The van der Waals surface area contributed by atoms with Gasteiger partial charge in [-0.2, -0.15) is 0 Å². The van der Waals surface area contributed by atoms with E-state index in [4.69, 9.17) is 9.47 Å². The summed E-state index contributed by atoms with van der Waals surface area (Å²) in [6.07, 6.45) is 4.35. The van der Waals surface area contributed by atoms with Gasteiger partial charge in [0.15, 0.2) is 11.5 Å². The van der Waals surface area contributed by atoms with E-state index in [1.807, 2.05) is 12.1 Å². The Morgan fingerprint density at radius 2 is 1.70 bits per heavy atom. The number of quaternary nitrogens is 1. The zero-order valence-corrected chi connectivity index (χ0v) is 20.8. The Balaban J connectivity index is 0.00000450. The van der Waals surface area contributed by atoms with Crippen molar-refractivity contribution < 1.29 is 42.7 Å². The molecule has 0 saturated heterocycles. The summed E-state index contributed by atoms with van der Waals surface area (Å²) in [5.74, 6) is 1.18. The van der Waals surface area contributed by atoms with Crippen LogP contribution in [0.3, 0.4) is 0 Å². The Morgan fingerprint density at radius 3 is 2.37 bits per heavy atom.